The SMILES string of the molecule is CC(N)(C(=O)N(CC(=O)O)C1CC1)C(F)(F)F. The molecule has 17 heavy (non-hydrogen) atoms. The first-order chi connectivity index (χ1) is 7.57. The Balaban J connectivity index is 2.88. The highest BCUT2D eigenvalue weighted by atomic mass is 19.4. The molecule has 8 heteroatoms. The maximum Gasteiger partial charge on any atom is 0.415 e. The Morgan fingerprint density at radius 1 is 1.41 bits per heavy atom. The second-order valence-corrected chi connectivity index (χ2v) is 4.26. The minimum absolute atomic E-state index is 0.441. The average molecular weight is 254 g/mol. The predicted octanol–water partition coefficient (Wildman–Crippen LogP) is 0.342. The minimum atomic E-state index is -4.91. The van der Waals surface area contributed by atoms with Gasteiger partial charge in [-0.05, 0) is 19.8 Å². The molecular formula is C9H13F3N2O3. The molecule has 98 valence electrons. The molecule has 0 bridgehead atoms. The second kappa shape index (κ2) is 4.17. The molecule has 1 saturated carbocycles. The van der Waals surface area contributed by atoms with Gasteiger partial charge in [0.15, 0.2) is 5.54 Å². The van der Waals surface area contributed by atoms with Crippen molar-refractivity contribution in [2.24, 2.45) is 5.73 Å². The van der Waals surface area contributed by atoms with Gasteiger partial charge in [-0.25, -0.2) is 0 Å². The molecule has 1 unspecified atom stereocenters. The summed E-state index contributed by atoms with van der Waals surface area (Å²) in [5.74, 6) is -2.75. The monoisotopic (exact) mass is 254 g/mol. The van der Waals surface area contributed by atoms with E-state index in [0.717, 1.165) is 0 Å². The standard InChI is InChI=1S/C9H13F3N2O3/c1-8(13,9(10,11)12)7(17)14(4-6(15)16)5-2-3-5/h5H,2-4,13H2,1H3,(H,15,16). The van der Waals surface area contributed by atoms with Gasteiger partial charge in [-0.1, -0.05) is 0 Å². The second-order valence-electron chi connectivity index (χ2n) is 4.26. The van der Waals surface area contributed by atoms with Crippen LogP contribution in [0, 0.1) is 0 Å². The molecule has 0 aliphatic heterocycles. The van der Waals surface area contributed by atoms with E-state index >= 15 is 0 Å². The van der Waals surface area contributed by atoms with Crippen LogP contribution in [0.25, 0.3) is 0 Å². The number of aliphatic carboxylic acids is 1. The summed E-state index contributed by atoms with van der Waals surface area (Å²) in [6.45, 7) is -0.209. The summed E-state index contributed by atoms with van der Waals surface area (Å²) < 4.78 is 37.6. The number of carboxylic acids is 1. The van der Waals surface area contributed by atoms with E-state index in [-0.39, 0.29) is 0 Å². The van der Waals surface area contributed by atoms with Gasteiger partial charge in [-0.3, -0.25) is 9.59 Å². The van der Waals surface area contributed by atoms with Crippen molar-refractivity contribution in [2.45, 2.75) is 37.5 Å². The predicted molar refractivity (Wildman–Crippen MR) is 51.0 cm³/mol. The highest BCUT2D eigenvalue weighted by Crippen LogP contribution is 2.34. The molecule has 3 N–H and O–H groups in total. The summed E-state index contributed by atoms with van der Waals surface area (Å²) in [6.07, 6.45) is -3.89. The summed E-state index contributed by atoms with van der Waals surface area (Å²) in [5.41, 5.74) is 1.92. The third kappa shape index (κ3) is 2.87. The number of amides is 1. The van der Waals surface area contributed by atoms with Crippen LogP contribution in [0.15, 0.2) is 0 Å². The zero-order valence-electron chi connectivity index (χ0n) is 9.12. The number of hydrogen-bond donors (Lipinski definition) is 2. The maximum atomic E-state index is 12.5. The van der Waals surface area contributed by atoms with Crippen LogP contribution in [-0.2, 0) is 9.59 Å². The first kappa shape index (κ1) is 13.8. The number of halogens is 3. The first-order valence-electron chi connectivity index (χ1n) is 4.96. The van der Waals surface area contributed by atoms with E-state index < -0.39 is 36.2 Å². The van der Waals surface area contributed by atoms with Gasteiger partial charge in [0.1, 0.15) is 6.54 Å². The minimum Gasteiger partial charge on any atom is -0.480 e. The van der Waals surface area contributed by atoms with Gasteiger partial charge in [0.05, 0.1) is 0 Å². The Kier molecular flexibility index (Phi) is 3.37. The van der Waals surface area contributed by atoms with Gasteiger partial charge in [0, 0.05) is 6.04 Å². The fraction of sp³-hybridized carbons (Fsp3) is 0.778. The Labute approximate surface area is 95.4 Å². The molecule has 0 radical (unpaired) electrons. The van der Waals surface area contributed by atoms with Crippen LogP contribution in [0.4, 0.5) is 13.2 Å². The Morgan fingerprint density at radius 3 is 2.18 bits per heavy atom. The Hall–Kier alpha value is -1.31. The lowest BCUT2D eigenvalue weighted by atomic mass is 10.0. The molecule has 0 aromatic heterocycles. The number of carboxylic acid groups (broad SMARTS) is 1. The molecule has 1 rings (SSSR count). The largest absolute Gasteiger partial charge is 0.480 e. The number of alkyl halides is 3. The van der Waals surface area contributed by atoms with Gasteiger partial charge in [-0.15, -0.1) is 0 Å². The molecule has 1 atom stereocenters. The van der Waals surface area contributed by atoms with Crippen LogP contribution in [0.3, 0.4) is 0 Å². The van der Waals surface area contributed by atoms with Gasteiger partial charge >= 0.3 is 12.1 Å². The van der Waals surface area contributed by atoms with Crippen LogP contribution >= 0.6 is 0 Å². The van der Waals surface area contributed by atoms with E-state index in [0.29, 0.717) is 24.7 Å². The lowest BCUT2D eigenvalue weighted by Gasteiger charge is -2.32. The third-order valence-electron chi connectivity index (χ3n) is 2.59. The fourth-order valence-electron chi connectivity index (χ4n) is 1.32. The van der Waals surface area contributed by atoms with Crippen molar-refractivity contribution in [1.82, 2.24) is 4.90 Å². The molecule has 0 saturated heterocycles. The smallest absolute Gasteiger partial charge is 0.415 e. The van der Waals surface area contributed by atoms with Crippen LogP contribution in [0.5, 0.6) is 0 Å². The number of rotatable bonds is 4. The van der Waals surface area contributed by atoms with E-state index in [1.54, 1.807) is 0 Å². The molecule has 5 nitrogen and oxygen atoms in total. The molecule has 1 amide bonds. The molecule has 0 spiro atoms. The van der Waals surface area contributed by atoms with Crippen molar-refractivity contribution >= 4 is 11.9 Å². The van der Waals surface area contributed by atoms with E-state index in [4.69, 9.17) is 10.8 Å². The van der Waals surface area contributed by atoms with Crippen molar-refractivity contribution in [3.63, 3.8) is 0 Å². The third-order valence-corrected chi connectivity index (χ3v) is 2.59. The van der Waals surface area contributed by atoms with E-state index in [1.165, 1.54) is 0 Å². The molecule has 0 aromatic carbocycles. The summed E-state index contributed by atoms with van der Waals surface area (Å²) in [5, 5.41) is 8.56. The summed E-state index contributed by atoms with van der Waals surface area (Å²) >= 11 is 0. The zero-order chi connectivity index (χ0) is 13.4. The number of carbonyl (C=O) groups excluding carboxylic acids is 1. The van der Waals surface area contributed by atoms with Gasteiger partial charge in [-0.2, -0.15) is 13.2 Å². The first-order valence-corrected chi connectivity index (χ1v) is 4.96. The lowest BCUT2D eigenvalue weighted by molar-refractivity contribution is -0.194. The number of nitrogens with two attached hydrogens (primary N) is 1. The van der Waals surface area contributed by atoms with Gasteiger partial charge < -0.3 is 15.7 Å². The maximum absolute atomic E-state index is 12.5. The number of nitrogens with zero attached hydrogens (tertiary/aromatic N) is 1. The molecule has 1 aliphatic carbocycles. The summed E-state index contributed by atoms with van der Waals surface area (Å²) in [7, 11) is 0. The van der Waals surface area contributed by atoms with Crippen molar-refractivity contribution in [3.05, 3.63) is 0 Å². The Morgan fingerprint density at radius 2 is 1.88 bits per heavy atom. The van der Waals surface area contributed by atoms with Crippen molar-refractivity contribution in [1.29, 1.82) is 0 Å². The molecule has 1 aliphatic rings. The molecular weight excluding hydrogens is 241 g/mol. The molecule has 0 aromatic rings. The average Bonchev–Trinajstić information content (AvgIpc) is 2.93. The van der Waals surface area contributed by atoms with Crippen LogP contribution < -0.4 is 5.73 Å². The lowest BCUT2D eigenvalue weighted by Crippen LogP contribution is -2.63. The van der Waals surface area contributed by atoms with E-state index in [1.807, 2.05) is 0 Å². The fourth-order valence-corrected chi connectivity index (χ4v) is 1.32. The zero-order valence-corrected chi connectivity index (χ0v) is 9.12. The van der Waals surface area contributed by atoms with Crippen LogP contribution in [-0.4, -0.2) is 46.2 Å². The molecule has 1 fully saturated rings. The van der Waals surface area contributed by atoms with E-state index in [9.17, 15) is 22.8 Å². The van der Waals surface area contributed by atoms with Crippen molar-refractivity contribution in [3.8, 4) is 0 Å². The number of carbonyl (C=O) groups is 2. The summed E-state index contributed by atoms with van der Waals surface area (Å²) in [4.78, 5) is 22.8. The highest BCUT2D eigenvalue weighted by molar-refractivity contribution is 5.89. The van der Waals surface area contributed by atoms with Crippen LogP contribution in [0.1, 0.15) is 19.8 Å². The van der Waals surface area contributed by atoms with Crippen LogP contribution in [0.2, 0.25) is 0 Å². The molecule has 0 heterocycles. The van der Waals surface area contributed by atoms with Gasteiger partial charge in [0.2, 0.25) is 0 Å². The topological polar surface area (TPSA) is 83.6 Å². The van der Waals surface area contributed by atoms with Crippen molar-refractivity contribution < 1.29 is 27.9 Å². The Bertz CT molecular complexity index is 337. The number of hydrogen-bond acceptors (Lipinski definition) is 3. The van der Waals surface area contributed by atoms with E-state index in [2.05, 4.69) is 0 Å². The van der Waals surface area contributed by atoms with Crippen molar-refractivity contribution in [2.75, 3.05) is 6.54 Å². The van der Waals surface area contributed by atoms with Gasteiger partial charge in [0.25, 0.3) is 5.91 Å². The normalized spacial score (nSPS) is 19.6. The summed E-state index contributed by atoms with van der Waals surface area (Å²) in [6, 6.07) is -0.441. The highest BCUT2D eigenvalue weighted by Gasteiger charge is 2.56. The quantitative estimate of drug-likeness (QED) is 0.757.